The number of nitrogens with zero attached hydrogens (tertiary/aromatic N) is 1. The van der Waals surface area contributed by atoms with Gasteiger partial charge in [0, 0.05) is 53.9 Å². The molecule has 0 saturated carbocycles. The smallest absolute Gasteiger partial charge is 0.135 e. The molecule has 4 aromatic rings. The monoisotopic (exact) mass is 458 g/mol. The summed E-state index contributed by atoms with van der Waals surface area (Å²) in [5.41, 5.74) is 3.33. The van der Waals surface area contributed by atoms with E-state index < -0.39 is 0 Å². The van der Waals surface area contributed by atoms with Crippen LogP contribution < -0.4 is 5.32 Å². The van der Waals surface area contributed by atoms with Gasteiger partial charge in [0.1, 0.15) is 34.4 Å². The van der Waals surface area contributed by atoms with Crippen LogP contribution in [0.25, 0.3) is 21.9 Å². The number of hydrogen-bond donors (Lipinski definition) is 3. The van der Waals surface area contributed by atoms with Gasteiger partial charge in [-0.15, -0.1) is 0 Å². The molecule has 4 rings (SSSR count). The van der Waals surface area contributed by atoms with Gasteiger partial charge in [-0.25, -0.2) is 0 Å². The van der Waals surface area contributed by atoms with Crippen LogP contribution in [0.3, 0.4) is 0 Å². The van der Waals surface area contributed by atoms with Crippen LogP contribution in [0.5, 0.6) is 0 Å². The van der Waals surface area contributed by atoms with Gasteiger partial charge in [0.05, 0.1) is 0 Å². The highest BCUT2D eigenvalue weighted by Gasteiger charge is 2.13. The van der Waals surface area contributed by atoms with Crippen LogP contribution in [0.2, 0.25) is 0 Å². The second-order valence-corrected chi connectivity index (χ2v) is 9.51. The molecule has 0 fully saturated rings. The SMILES string of the molecule is CC(C)NC(=N)c1ccc2cc(CCCc3cc4ccc(C(=N)N(C)C(C)C)cc4o3)oc2c1. The molecule has 6 heteroatoms. The average Bonchev–Trinajstić information content (AvgIpc) is 3.39. The average molecular weight is 459 g/mol. The standard InChI is InChI=1S/C28H34N4O2/c1-17(2)31-27(29)21-11-9-19-13-23(33-25(19)15-21)7-6-8-24-14-20-10-12-22(16-26(20)34-24)28(30)32(5)18(3)4/h9-18,30H,6-8H2,1-5H3,(H2,29,31). The maximum absolute atomic E-state index is 8.43. The highest BCUT2D eigenvalue weighted by atomic mass is 16.3. The summed E-state index contributed by atoms with van der Waals surface area (Å²) in [5, 5.41) is 21.9. The first kappa shape index (κ1) is 23.6. The highest BCUT2D eigenvalue weighted by Crippen LogP contribution is 2.25. The minimum absolute atomic E-state index is 0.216. The number of fused-ring (bicyclic) bond motifs is 2. The second kappa shape index (κ2) is 9.75. The van der Waals surface area contributed by atoms with Gasteiger partial charge in [-0.2, -0.15) is 0 Å². The molecule has 0 unspecified atom stereocenters. The molecule has 34 heavy (non-hydrogen) atoms. The van der Waals surface area contributed by atoms with Crippen molar-refractivity contribution in [3.05, 3.63) is 71.2 Å². The van der Waals surface area contributed by atoms with Crippen LogP contribution in [0.15, 0.2) is 57.4 Å². The lowest BCUT2D eigenvalue weighted by Gasteiger charge is -2.24. The van der Waals surface area contributed by atoms with Gasteiger partial charge in [-0.1, -0.05) is 24.3 Å². The van der Waals surface area contributed by atoms with Gasteiger partial charge in [-0.3, -0.25) is 10.8 Å². The Morgan fingerprint density at radius 2 is 1.35 bits per heavy atom. The van der Waals surface area contributed by atoms with E-state index in [2.05, 4.69) is 31.3 Å². The van der Waals surface area contributed by atoms with Crippen molar-refractivity contribution in [2.75, 3.05) is 7.05 Å². The summed E-state index contributed by atoms with van der Waals surface area (Å²) in [6, 6.07) is 16.5. The van der Waals surface area contributed by atoms with E-state index in [0.29, 0.717) is 11.7 Å². The zero-order chi connectivity index (χ0) is 24.4. The van der Waals surface area contributed by atoms with Crippen molar-refractivity contribution < 1.29 is 8.83 Å². The Kier molecular flexibility index (Phi) is 6.77. The van der Waals surface area contributed by atoms with E-state index in [9.17, 15) is 0 Å². The molecule has 0 aliphatic rings. The van der Waals surface area contributed by atoms with Gasteiger partial charge in [0.2, 0.25) is 0 Å². The third-order valence-corrected chi connectivity index (χ3v) is 6.11. The van der Waals surface area contributed by atoms with Gasteiger partial charge in [-0.05, 0) is 58.4 Å². The normalized spacial score (nSPS) is 11.6. The predicted octanol–water partition coefficient (Wildman–Crippen LogP) is 6.34. The molecule has 3 N–H and O–H groups in total. The summed E-state index contributed by atoms with van der Waals surface area (Å²) in [5.74, 6) is 2.80. The third-order valence-electron chi connectivity index (χ3n) is 6.11. The first-order valence-electron chi connectivity index (χ1n) is 11.9. The van der Waals surface area contributed by atoms with E-state index in [1.54, 1.807) is 0 Å². The fourth-order valence-electron chi connectivity index (χ4n) is 3.99. The number of nitrogens with one attached hydrogen (secondary N) is 3. The van der Waals surface area contributed by atoms with Gasteiger partial charge in [0.25, 0.3) is 0 Å². The Balaban J connectivity index is 1.40. The summed E-state index contributed by atoms with van der Waals surface area (Å²) in [7, 11) is 1.94. The Morgan fingerprint density at radius 1 is 0.824 bits per heavy atom. The molecule has 2 aromatic heterocycles. The minimum Gasteiger partial charge on any atom is -0.461 e. The highest BCUT2D eigenvalue weighted by molar-refractivity contribution is 6.00. The fourth-order valence-corrected chi connectivity index (χ4v) is 3.99. The summed E-state index contributed by atoms with van der Waals surface area (Å²) in [6.07, 6.45) is 2.55. The lowest BCUT2D eigenvalue weighted by atomic mass is 10.1. The Morgan fingerprint density at radius 3 is 1.88 bits per heavy atom. The fraction of sp³-hybridized carbons (Fsp3) is 0.357. The maximum atomic E-state index is 8.43. The zero-order valence-corrected chi connectivity index (χ0v) is 20.7. The first-order valence-corrected chi connectivity index (χ1v) is 11.9. The molecule has 2 aromatic carbocycles. The molecule has 0 saturated heterocycles. The molecule has 0 amide bonds. The van der Waals surface area contributed by atoms with Crippen LogP contribution in [0.4, 0.5) is 0 Å². The summed E-state index contributed by atoms with van der Waals surface area (Å²) in [4.78, 5) is 1.95. The lowest BCUT2D eigenvalue weighted by molar-refractivity contribution is 0.416. The summed E-state index contributed by atoms with van der Waals surface area (Å²) in [6.45, 7) is 8.20. The van der Waals surface area contributed by atoms with Crippen molar-refractivity contribution >= 4 is 33.6 Å². The minimum atomic E-state index is 0.216. The number of furan rings is 2. The van der Waals surface area contributed by atoms with Crippen molar-refractivity contribution in [2.24, 2.45) is 0 Å². The molecule has 6 nitrogen and oxygen atoms in total. The Hall–Kier alpha value is -3.54. The van der Waals surface area contributed by atoms with Crippen LogP contribution in [0.1, 0.15) is 56.8 Å². The van der Waals surface area contributed by atoms with Crippen LogP contribution in [0, 0.1) is 10.8 Å². The Bertz CT molecular complexity index is 1330. The molecule has 0 aliphatic heterocycles. The summed E-state index contributed by atoms with van der Waals surface area (Å²) < 4.78 is 12.2. The van der Waals surface area contributed by atoms with Crippen LogP contribution in [-0.2, 0) is 12.8 Å². The topological polar surface area (TPSA) is 89.3 Å². The number of amidine groups is 2. The first-order chi connectivity index (χ1) is 16.2. The molecular weight excluding hydrogens is 424 g/mol. The van der Waals surface area contributed by atoms with E-state index >= 15 is 0 Å². The van der Waals surface area contributed by atoms with Gasteiger partial charge in [0.15, 0.2) is 0 Å². The third kappa shape index (κ3) is 5.16. The molecule has 2 heterocycles. The largest absolute Gasteiger partial charge is 0.461 e. The van der Waals surface area contributed by atoms with Crippen molar-refractivity contribution in [3.8, 4) is 0 Å². The lowest BCUT2D eigenvalue weighted by Crippen LogP contribution is -2.32. The molecule has 0 atom stereocenters. The van der Waals surface area contributed by atoms with Crippen LogP contribution >= 0.6 is 0 Å². The number of aryl methyl sites for hydroxylation is 2. The van der Waals surface area contributed by atoms with Crippen molar-refractivity contribution in [1.29, 1.82) is 10.8 Å². The number of benzene rings is 2. The zero-order valence-electron chi connectivity index (χ0n) is 20.7. The van der Waals surface area contributed by atoms with E-state index in [0.717, 1.165) is 63.8 Å². The van der Waals surface area contributed by atoms with Crippen molar-refractivity contribution in [3.63, 3.8) is 0 Å². The molecule has 178 valence electrons. The molecular formula is C28H34N4O2. The molecule has 0 spiro atoms. The molecule has 0 radical (unpaired) electrons. The van der Waals surface area contributed by atoms with Gasteiger partial charge >= 0.3 is 0 Å². The predicted molar refractivity (Wildman–Crippen MR) is 139 cm³/mol. The number of rotatable bonds is 8. The quantitative estimate of drug-likeness (QED) is 0.212. The van der Waals surface area contributed by atoms with E-state index in [1.807, 2.05) is 62.2 Å². The molecule has 0 bridgehead atoms. The maximum Gasteiger partial charge on any atom is 0.135 e. The molecule has 0 aliphatic carbocycles. The van der Waals surface area contributed by atoms with Crippen molar-refractivity contribution in [1.82, 2.24) is 10.2 Å². The van der Waals surface area contributed by atoms with Crippen LogP contribution in [-0.4, -0.2) is 35.7 Å². The van der Waals surface area contributed by atoms with Gasteiger partial charge < -0.3 is 19.1 Å². The number of hydrogen-bond acceptors (Lipinski definition) is 4. The van der Waals surface area contributed by atoms with E-state index in [-0.39, 0.29) is 12.1 Å². The van der Waals surface area contributed by atoms with E-state index in [1.165, 1.54) is 0 Å². The van der Waals surface area contributed by atoms with E-state index in [4.69, 9.17) is 19.7 Å². The summed E-state index contributed by atoms with van der Waals surface area (Å²) >= 11 is 0. The van der Waals surface area contributed by atoms with Crippen molar-refractivity contribution in [2.45, 2.75) is 59.0 Å². The Labute approximate surface area is 201 Å². The second-order valence-electron chi connectivity index (χ2n) is 9.51.